The van der Waals surface area contributed by atoms with E-state index in [0.29, 0.717) is 22.4 Å². The molecule has 3 aromatic carbocycles. The monoisotopic (exact) mass is 495 g/mol. The van der Waals surface area contributed by atoms with Gasteiger partial charge < -0.3 is 10.1 Å². The number of nitro benzene ring substituents is 1. The molecule has 1 N–H and O–H groups in total. The Hall–Kier alpha value is -4.03. The number of hydrogen-bond acceptors (Lipinski definition) is 5. The Morgan fingerprint density at radius 2 is 1.94 bits per heavy atom. The molecule has 0 saturated carbocycles. The highest BCUT2D eigenvalue weighted by Gasteiger charge is 2.16. The molecule has 0 aliphatic rings. The molecule has 160 valence electrons. The Balaban J connectivity index is 1.75. The summed E-state index contributed by atoms with van der Waals surface area (Å²) in [5, 5.41) is 22.4. The topological polar surface area (TPSA) is 105 Å². The first-order valence-corrected chi connectivity index (χ1v) is 10.00. The number of anilines is 1. The standard InChI is InChI=1S/C23H15BrFN3O4/c24-19-11-16(6-9-22(19)32-14-15-4-2-1-3-5-15)10-17(13-26)23(29)27-21-12-18(28(30)31)7-8-20(21)25/h1-12H,14H2,(H,27,29). The van der Waals surface area contributed by atoms with Crippen LogP contribution in [0.3, 0.4) is 0 Å². The van der Waals surface area contributed by atoms with E-state index in [-0.39, 0.29) is 11.3 Å². The van der Waals surface area contributed by atoms with Gasteiger partial charge >= 0.3 is 0 Å². The number of nitriles is 1. The van der Waals surface area contributed by atoms with Gasteiger partial charge in [-0.3, -0.25) is 14.9 Å². The number of hydrogen-bond donors (Lipinski definition) is 1. The van der Waals surface area contributed by atoms with Gasteiger partial charge in [-0.25, -0.2) is 4.39 Å². The molecule has 0 heterocycles. The van der Waals surface area contributed by atoms with Crippen LogP contribution >= 0.6 is 15.9 Å². The minimum Gasteiger partial charge on any atom is -0.488 e. The van der Waals surface area contributed by atoms with E-state index >= 15 is 0 Å². The average molecular weight is 496 g/mol. The number of carbonyl (C=O) groups is 1. The van der Waals surface area contributed by atoms with E-state index in [1.165, 1.54) is 6.08 Å². The smallest absolute Gasteiger partial charge is 0.271 e. The van der Waals surface area contributed by atoms with Gasteiger partial charge in [-0.1, -0.05) is 36.4 Å². The number of rotatable bonds is 7. The predicted octanol–water partition coefficient (Wildman–Crippen LogP) is 5.62. The van der Waals surface area contributed by atoms with Crippen molar-refractivity contribution in [1.82, 2.24) is 0 Å². The summed E-state index contributed by atoms with van der Waals surface area (Å²) in [6.45, 7) is 0.370. The minimum atomic E-state index is -0.896. The Kier molecular flexibility index (Phi) is 7.31. The second-order valence-corrected chi connectivity index (χ2v) is 7.36. The van der Waals surface area contributed by atoms with Crippen molar-refractivity contribution in [3.63, 3.8) is 0 Å². The van der Waals surface area contributed by atoms with Crippen LogP contribution in [0.5, 0.6) is 5.75 Å². The summed E-state index contributed by atoms with van der Waals surface area (Å²) >= 11 is 3.40. The van der Waals surface area contributed by atoms with Crippen LogP contribution in [0.25, 0.3) is 6.08 Å². The summed E-state index contributed by atoms with van der Waals surface area (Å²) in [5.74, 6) is -1.18. The van der Waals surface area contributed by atoms with Gasteiger partial charge in [0.1, 0.15) is 29.8 Å². The fourth-order valence-electron chi connectivity index (χ4n) is 2.69. The van der Waals surface area contributed by atoms with Gasteiger partial charge in [0.15, 0.2) is 0 Å². The van der Waals surface area contributed by atoms with Crippen LogP contribution in [0.1, 0.15) is 11.1 Å². The van der Waals surface area contributed by atoms with E-state index in [1.54, 1.807) is 24.3 Å². The molecule has 0 spiro atoms. The molecular weight excluding hydrogens is 481 g/mol. The van der Waals surface area contributed by atoms with Crippen LogP contribution in [0.15, 0.2) is 76.8 Å². The molecule has 3 rings (SSSR count). The van der Waals surface area contributed by atoms with E-state index in [0.717, 1.165) is 23.8 Å². The van der Waals surface area contributed by atoms with E-state index in [1.807, 2.05) is 30.3 Å². The summed E-state index contributed by atoms with van der Waals surface area (Å²) in [7, 11) is 0. The number of benzene rings is 3. The van der Waals surface area contributed by atoms with Gasteiger partial charge in [-0.05, 0) is 51.3 Å². The summed E-state index contributed by atoms with van der Waals surface area (Å²) in [6.07, 6.45) is 1.32. The maximum atomic E-state index is 13.9. The van der Waals surface area contributed by atoms with Crippen LogP contribution in [-0.2, 0) is 11.4 Å². The Labute approximate surface area is 191 Å². The first kappa shape index (κ1) is 22.7. The third kappa shape index (κ3) is 5.77. The molecular formula is C23H15BrFN3O4. The zero-order valence-electron chi connectivity index (χ0n) is 16.4. The first-order chi connectivity index (χ1) is 15.4. The second-order valence-electron chi connectivity index (χ2n) is 6.51. The fraction of sp³-hybridized carbons (Fsp3) is 0.0435. The molecule has 0 aliphatic carbocycles. The first-order valence-electron chi connectivity index (χ1n) is 9.20. The highest BCUT2D eigenvalue weighted by Crippen LogP contribution is 2.28. The lowest BCUT2D eigenvalue weighted by molar-refractivity contribution is -0.384. The predicted molar refractivity (Wildman–Crippen MR) is 120 cm³/mol. The van der Waals surface area contributed by atoms with Gasteiger partial charge in [-0.2, -0.15) is 5.26 Å². The quantitative estimate of drug-likeness (QED) is 0.198. The van der Waals surface area contributed by atoms with Gasteiger partial charge in [0.25, 0.3) is 11.6 Å². The van der Waals surface area contributed by atoms with Gasteiger partial charge in [0.2, 0.25) is 0 Å². The zero-order chi connectivity index (χ0) is 23.1. The lowest BCUT2D eigenvalue weighted by atomic mass is 10.1. The van der Waals surface area contributed by atoms with Crippen molar-refractivity contribution < 1.29 is 18.8 Å². The average Bonchev–Trinajstić information content (AvgIpc) is 2.78. The number of carbonyl (C=O) groups excluding carboxylic acids is 1. The summed E-state index contributed by atoms with van der Waals surface area (Å²) in [5.41, 5.74) is 0.437. The molecule has 0 fully saturated rings. The van der Waals surface area contributed by atoms with Crippen molar-refractivity contribution in [2.24, 2.45) is 0 Å². The number of amides is 1. The van der Waals surface area contributed by atoms with Crippen LogP contribution in [0.4, 0.5) is 15.8 Å². The molecule has 0 unspecified atom stereocenters. The third-order valence-corrected chi connectivity index (χ3v) is 4.90. The van der Waals surface area contributed by atoms with Crippen molar-refractivity contribution in [2.45, 2.75) is 6.61 Å². The fourth-order valence-corrected chi connectivity index (χ4v) is 3.20. The van der Waals surface area contributed by atoms with Crippen LogP contribution < -0.4 is 10.1 Å². The third-order valence-electron chi connectivity index (χ3n) is 4.28. The van der Waals surface area contributed by atoms with Crippen molar-refractivity contribution in [2.75, 3.05) is 5.32 Å². The molecule has 3 aromatic rings. The number of ether oxygens (including phenoxy) is 1. The van der Waals surface area contributed by atoms with Gasteiger partial charge in [-0.15, -0.1) is 0 Å². The number of nitrogens with one attached hydrogen (secondary N) is 1. The molecule has 32 heavy (non-hydrogen) atoms. The minimum absolute atomic E-state index is 0.305. The number of halogens is 2. The van der Waals surface area contributed by atoms with Gasteiger partial charge in [0, 0.05) is 12.1 Å². The second kappa shape index (κ2) is 10.3. The van der Waals surface area contributed by atoms with E-state index in [4.69, 9.17) is 4.74 Å². The molecule has 1 amide bonds. The summed E-state index contributed by atoms with van der Waals surface area (Å²) < 4.78 is 20.3. The van der Waals surface area contributed by atoms with E-state index in [9.17, 15) is 24.6 Å². The summed E-state index contributed by atoms with van der Waals surface area (Å²) in [6, 6.07) is 19.1. The van der Waals surface area contributed by atoms with Crippen molar-refractivity contribution >= 4 is 39.3 Å². The van der Waals surface area contributed by atoms with Crippen LogP contribution in [0.2, 0.25) is 0 Å². The highest BCUT2D eigenvalue weighted by atomic mass is 79.9. The Morgan fingerprint density at radius 3 is 2.59 bits per heavy atom. The molecule has 0 atom stereocenters. The Bertz CT molecular complexity index is 1240. The lowest BCUT2D eigenvalue weighted by Crippen LogP contribution is -2.14. The molecule has 0 saturated heterocycles. The lowest BCUT2D eigenvalue weighted by Gasteiger charge is -2.09. The van der Waals surface area contributed by atoms with E-state index < -0.39 is 22.3 Å². The van der Waals surface area contributed by atoms with Crippen LogP contribution in [0, 0.1) is 27.3 Å². The molecule has 7 nitrogen and oxygen atoms in total. The van der Waals surface area contributed by atoms with Crippen molar-refractivity contribution in [3.05, 3.63) is 104 Å². The number of nitro groups is 1. The SMILES string of the molecule is N#CC(=Cc1ccc(OCc2ccccc2)c(Br)c1)C(=O)Nc1cc([N+](=O)[O-])ccc1F. The molecule has 0 radical (unpaired) electrons. The maximum Gasteiger partial charge on any atom is 0.271 e. The normalized spacial score (nSPS) is 10.8. The Morgan fingerprint density at radius 1 is 1.19 bits per heavy atom. The molecule has 0 bridgehead atoms. The van der Waals surface area contributed by atoms with Crippen molar-refractivity contribution in [1.29, 1.82) is 5.26 Å². The highest BCUT2D eigenvalue weighted by molar-refractivity contribution is 9.10. The largest absolute Gasteiger partial charge is 0.488 e. The van der Waals surface area contributed by atoms with Crippen molar-refractivity contribution in [3.8, 4) is 11.8 Å². The summed E-state index contributed by atoms with van der Waals surface area (Å²) in [4.78, 5) is 22.6. The van der Waals surface area contributed by atoms with Crippen LogP contribution in [-0.4, -0.2) is 10.8 Å². The maximum absolute atomic E-state index is 13.9. The van der Waals surface area contributed by atoms with E-state index in [2.05, 4.69) is 21.2 Å². The molecule has 9 heteroatoms. The van der Waals surface area contributed by atoms with Gasteiger partial charge in [0.05, 0.1) is 15.1 Å². The molecule has 0 aromatic heterocycles. The molecule has 0 aliphatic heterocycles. The zero-order valence-corrected chi connectivity index (χ0v) is 18.0. The number of non-ortho nitro benzene ring substituents is 1. The number of nitrogens with zero attached hydrogens (tertiary/aromatic N) is 2.